The molecule has 5 heteroatoms. The molecule has 0 spiro atoms. The van der Waals surface area contributed by atoms with E-state index in [-0.39, 0.29) is 0 Å². The minimum Gasteiger partial charge on any atom is -0.495 e. The van der Waals surface area contributed by atoms with Crippen molar-refractivity contribution in [1.29, 1.82) is 0 Å². The van der Waals surface area contributed by atoms with Crippen LogP contribution in [0.15, 0.2) is 18.5 Å². The normalized spacial score (nSPS) is 28.1. The smallest absolute Gasteiger partial charge is 0.137 e. The molecule has 2 rings (SSSR count). The molecule has 1 aliphatic rings. The van der Waals surface area contributed by atoms with Crippen LogP contribution in [-0.2, 0) is 0 Å². The van der Waals surface area contributed by atoms with Gasteiger partial charge in [0.05, 0.1) is 13.3 Å². The number of rotatable bonds is 5. The molecule has 20 heavy (non-hydrogen) atoms. The quantitative estimate of drug-likeness (QED) is 0.901. The lowest BCUT2D eigenvalue weighted by molar-refractivity contribution is 0.410. The van der Waals surface area contributed by atoms with Crippen molar-refractivity contribution >= 4 is 23.5 Å². The highest BCUT2D eigenvalue weighted by Gasteiger charge is 2.32. The van der Waals surface area contributed by atoms with Gasteiger partial charge in [-0.3, -0.25) is 4.98 Å². The zero-order valence-corrected chi connectivity index (χ0v) is 14.3. The van der Waals surface area contributed by atoms with Crippen molar-refractivity contribution in [3.8, 4) is 5.75 Å². The van der Waals surface area contributed by atoms with Crippen molar-refractivity contribution in [2.24, 2.45) is 0 Å². The second-order valence-corrected chi connectivity index (χ2v) is 8.14. The predicted molar refractivity (Wildman–Crippen MR) is 90.0 cm³/mol. The van der Waals surface area contributed by atoms with Crippen molar-refractivity contribution in [2.45, 2.75) is 42.6 Å². The first-order chi connectivity index (χ1) is 9.65. The fourth-order valence-electron chi connectivity index (χ4n) is 2.38. The first-order valence-electron chi connectivity index (χ1n) is 7.15. The van der Waals surface area contributed by atoms with E-state index in [9.17, 15) is 0 Å². The second kappa shape index (κ2) is 7.57. The highest BCUT2D eigenvalue weighted by Crippen LogP contribution is 2.41. The van der Waals surface area contributed by atoms with E-state index in [1.54, 1.807) is 13.3 Å². The van der Waals surface area contributed by atoms with Crippen LogP contribution in [0.5, 0.6) is 5.75 Å². The second-order valence-electron chi connectivity index (χ2n) is 5.11. The molecule has 112 valence electrons. The SMILES string of the molecule is CCNC(c1cncc(OC)c1)C1CSC(C)C(C)S1. The first kappa shape index (κ1) is 16.0. The highest BCUT2D eigenvalue weighted by molar-refractivity contribution is 8.07. The van der Waals surface area contributed by atoms with E-state index >= 15 is 0 Å². The standard InChI is InChI=1S/C15H24N2OS2/c1-5-17-15(12-6-13(18-4)8-16-7-12)14-9-19-10(2)11(3)20-14/h6-8,10-11,14-15,17H,5,9H2,1-4H3. The molecule has 1 N–H and O–H groups in total. The van der Waals surface area contributed by atoms with Gasteiger partial charge in [-0.05, 0) is 18.2 Å². The predicted octanol–water partition coefficient (Wildman–Crippen LogP) is 3.37. The van der Waals surface area contributed by atoms with Gasteiger partial charge >= 0.3 is 0 Å². The summed E-state index contributed by atoms with van der Waals surface area (Å²) in [6.07, 6.45) is 3.73. The van der Waals surface area contributed by atoms with Gasteiger partial charge in [0.2, 0.25) is 0 Å². The highest BCUT2D eigenvalue weighted by atomic mass is 32.2. The van der Waals surface area contributed by atoms with Crippen LogP contribution in [0.2, 0.25) is 0 Å². The fraction of sp³-hybridized carbons (Fsp3) is 0.667. The number of nitrogens with zero attached hydrogens (tertiary/aromatic N) is 1. The molecule has 1 saturated heterocycles. The van der Waals surface area contributed by atoms with Crippen LogP contribution in [0.25, 0.3) is 0 Å². The van der Waals surface area contributed by atoms with Crippen LogP contribution >= 0.6 is 23.5 Å². The van der Waals surface area contributed by atoms with E-state index in [0.29, 0.717) is 16.5 Å². The summed E-state index contributed by atoms with van der Waals surface area (Å²) in [5.74, 6) is 2.02. The molecule has 3 nitrogen and oxygen atoms in total. The topological polar surface area (TPSA) is 34.2 Å². The van der Waals surface area contributed by atoms with E-state index < -0.39 is 0 Å². The van der Waals surface area contributed by atoms with Crippen molar-refractivity contribution in [1.82, 2.24) is 10.3 Å². The van der Waals surface area contributed by atoms with Crippen molar-refractivity contribution in [3.63, 3.8) is 0 Å². The summed E-state index contributed by atoms with van der Waals surface area (Å²) in [7, 11) is 1.69. The molecule has 4 atom stereocenters. The molecule has 1 aromatic rings. The van der Waals surface area contributed by atoms with Crippen LogP contribution in [0, 0.1) is 0 Å². The van der Waals surface area contributed by atoms with Crippen LogP contribution in [0.1, 0.15) is 32.4 Å². The Balaban J connectivity index is 2.17. The molecule has 0 aromatic carbocycles. The van der Waals surface area contributed by atoms with Crippen LogP contribution in [0.4, 0.5) is 0 Å². The number of methoxy groups -OCH3 is 1. The maximum absolute atomic E-state index is 5.31. The number of thioether (sulfide) groups is 2. The summed E-state index contributed by atoms with van der Waals surface area (Å²) in [4.78, 5) is 4.31. The Bertz CT molecular complexity index is 430. The Labute approximate surface area is 130 Å². The van der Waals surface area contributed by atoms with Crippen LogP contribution in [-0.4, -0.2) is 40.1 Å². The third kappa shape index (κ3) is 3.83. The molecule has 0 radical (unpaired) electrons. The summed E-state index contributed by atoms with van der Waals surface area (Å²) in [5, 5.41) is 5.64. The lowest BCUT2D eigenvalue weighted by Gasteiger charge is -2.36. The fourth-order valence-corrected chi connectivity index (χ4v) is 5.50. The maximum atomic E-state index is 5.31. The zero-order valence-electron chi connectivity index (χ0n) is 12.6. The lowest BCUT2D eigenvalue weighted by atomic mass is 10.1. The van der Waals surface area contributed by atoms with E-state index in [4.69, 9.17) is 4.74 Å². The van der Waals surface area contributed by atoms with E-state index in [1.807, 2.05) is 6.20 Å². The Morgan fingerprint density at radius 3 is 2.85 bits per heavy atom. The van der Waals surface area contributed by atoms with Gasteiger partial charge in [0.1, 0.15) is 5.75 Å². The molecule has 0 amide bonds. The van der Waals surface area contributed by atoms with Gasteiger partial charge in [-0.25, -0.2) is 0 Å². The number of aromatic nitrogens is 1. The largest absolute Gasteiger partial charge is 0.495 e. The van der Waals surface area contributed by atoms with Gasteiger partial charge < -0.3 is 10.1 Å². The summed E-state index contributed by atoms with van der Waals surface area (Å²) < 4.78 is 5.31. The first-order valence-corrected chi connectivity index (χ1v) is 9.14. The van der Waals surface area contributed by atoms with Gasteiger partial charge in [0, 0.05) is 33.7 Å². The average molecular weight is 313 g/mol. The Morgan fingerprint density at radius 2 is 2.20 bits per heavy atom. The molecular formula is C15H24N2OS2. The van der Waals surface area contributed by atoms with Gasteiger partial charge in [-0.15, -0.1) is 0 Å². The van der Waals surface area contributed by atoms with E-state index in [2.05, 4.69) is 60.7 Å². The van der Waals surface area contributed by atoms with Crippen molar-refractivity contribution < 1.29 is 4.74 Å². The van der Waals surface area contributed by atoms with Crippen molar-refractivity contribution in [3.05, 3.63) is 24.0 Å². The molecule has 0 bridgehead atoms. The third-order valence-electron chi connectivity index (χ3n) is 3.70. The molecule has 1 aliphatic heterocycles. The minimum atomic E-state index is 0.343. The summed E-state index contributed by atoms with van der Waals surface area (Å²) in [6, 6.07) is 2.45. The van der Waals surface area contributed by atoms with Gasteiger partial charge in [-0.1, -0.05) is 20.8 Å². The van der Waals surface area contributed by atoms with Crippen molar-refractivity contribution in [2.75, 3.05) is 19.4 Å². The van der Waals surface area contributed by atoms with Crippen LogP contribution < -0.4 is 10.1 Å². The number of ether oxygens (including phenoxy) is 1. The summed E-state index contributed by atoms with van der Waals surface area (Å²) >= 11 is 4.18. The zero-order chi connectivity index (χ0) is 14.5. The Hall–Kier alpha value is -0.390. The number of hydrogen-bond acceptors (Lipinski definition) is 5. The van der Waals surface area contributed by atoms with E-state index in [1.165, 1.54) is 11.3 Å². The maximum Gasteiger partial charge on any atom is 0.137 e. The molecule has 4 unspecified atom stereocenters. The summed E-state index contributed by atoms with van der Waals surface area (Å²) in [5.41, 5.74) is 1.23. The Morgan fingerprint density at radius 1 is 1.40 bits per heavy atom. The molecule has 1 fully saturated rings. The summed E-state index contributed by atoms with van der Waals surface area (Å²) in [6.45, 7) is 7.79. The Kier molecular flexibility index (Phi) is 6.05. The number of pyridine rings is 1. The molecule has 0 aliphatic carbocycles. The molecular weight excluding hydrogens is 288 g/mol. The van der Waals surface area contributed by atoms with Crippen LogP contribution in [0.3, 0.4) is 0 Å². The average Bonchev–Trinajstić information content (AvgIpc) is 2.48. The number of nitrogens with one attached hydrogen (secondary N) is 1. The number of hydrogen-bond donors (Lipinski definition) is 1. The molecule has 1 aromatic heterocycles. The van der Waals surface area contributed by atoms with Gasteiger partial charge in [-0.2, -0.15) is 23.5 Å². The third-order valence-corrected chi connectivity index (χ3v) is 7.19. The van der Waals surface area contributed by atoms with Gasteiger partial charge in [0.25, 0.3) is 0 Å². The van der Waals surface area contributed by atoms with E-state index in [0.717, 1.165) is 17.5 Å². The minimum absolute atomic E-state index is 0.343. The van der Waals surface area contributed by atoms with Gasteiger partial charge in [0.15, 0.2) is 0 Å². The molecule has 2 heterocycles. The molecule has 0 saturated carbocycles. The monoisotopic (exact) mass is 312 g/mol. The lowest BCUT2D eigenvalue weighted by Crippen LogP contribution is -2.37.